The number of anilines is 1. The smallest absolute Gasteiger partial charge is 0.139 e. The van der Waals surface area contributed by atoms with E-state index in [4.69, 9.17) is 6.42 Å². The number of rotatable bonds is 6. The Labute approximate surface area is 183 Å². The molecule has 1 heterocycles. The molecule has 1 nitrogen and oxygen atoms in total. The summed E-state index contributed by atoms with van der Waals surface area (Å²) < 4.78 is 14.4. The fourth-order valence-corrected chi connectivity index (χ4v) is 4.64. The maximum atomic E-state index is 14.4. The first-order valence-electron chi connectivity index (χ1n) is 11.7. The van der Waals surface area contributed by atoms with Crippen LogP contribution in [-0.4, -0.2) is 13.1 Å². The highest BCUT2D eigenvalue weighted by Crippen LogP contribution is 2.42. The molecule has 0 amide bonds. The van der Waals surface area contributed by atoms with E-state index in [1.807, 2.05) is 19.9 Å². The van der Waals surface area contributed by atoms with E-state index < -0.39 is 0 Å². The zero-order valence-electron chi connectivity index (χ0n) is 19.5. The van der Waals surface area contributed by atoms with Gasteiger partial charge in [-0.25, -0.2) is 4.39 Å². The predicted molar refractivity (Wildman–Crippen MR) is 130 cm³/mol. The summed E-state index contributed by atoms with van der Waals surface area (Å²) in [7, 11) is 0. The largest absolute Gasteiger partial charge is 0.371 e. The van der Waals surface area contributed by atoms with Gasteiger partial charge < -0.3 is 4.90 Å². The minimum Gasteiger partial charge on any atom is -0.371 e. The maximum absolute atomic E-state index is 14.4. The molecule has 0 saturated carbocycles. The zero-order valence-corrected chi connectivity index (χ0v) is 19.5. The monoisotopic (exact) mass is 407 g/mol. The Bertz CT molecular complexity index is 853. The van der Waals surface area contributed by atoms with Gasteiger partial charge in [0.15, 0.2) is 0 Å². The summed E-state index contributed by atoms with van der Waals surface area (Å²) in [6.45, 7) is 12.9. The molecule has 1 saturated heterocycles. The molecule has 1 aliphatic rings. The SMILES string of the molecule is C#Cc1ccc(-c2cc(CC)ccc2N2CCC(CC)(CCC)CC2)cc1F.CC. The van der Waals surface area contributed by atoms with E-state index in [1.165, 1.54) is 43.4 Å². The van der Waals surface area contributed by atoms with Crippen molar-refractivity contribution in [3.63, 3.8) is 0 Å². The van der Waals surface area contributed by atoms with Crippen LogP contribution in [0.25, 0.3) is 11.1 Å². The molecule has 1 aliphatic heterocycles. The number of piperidine rings is 1. The van der Waals surface area contributed by atoms with Crippen LogP contribution in [0.3, 0.4) is 0 Å². The molecule has 0 aliphatic carbocycles. The molecule has 0 N–H and O–H groups in total. The van der Waals surface area contributed by atoms with Crippen molar-refractivity contribution < 1.29 is 4.39 Å². The lowest BCUT2D eigenvalue weighted by Crippen LogP contribution is -2.40. The fourth-order valence-electron chi connectivity index (χ4n) is 4.64. The van der Waals surface area contributed by atoms with Crippen LogP contribution in [-0.2, 0) is 6.42 Å². The summed E-state index contributed by atoms with van der Waals surface area (Å²) in [5.41, 5.74) is 5.32. The minimum atomic E-state index is -0.320. The Hall–Kier alpha value is -2.27. The standard InChI is InChI=1S/C26H32FN.C2H6/c1-5-13-26(8-4)14-16-28(17-15-26)25-12-9-20(6-2)18-23(25)22-11-10-21(7-3)24(27)19-22;1-2/h3,9-12,18-19H,5-6,8,13-17H2,1-2,4H3;1-2H3. The number of benzene rings is 2. The Kier molecular flexibility index (Phi) is 8.97. The molecule has 1 fully saturated rings. The van der Waals surface area contributed by atoms with Gasteiger partial charge in [-0.1, -0.05) is 65.5 Å². The van der Waals surface area contributed by atoms with Crippen molar-refractivity contribution in [2.24, 2.45) is 5.41 Å². The van der Waals surface area contributed by atoms with E-state index in [9.17, 15) is 4.39 Å². The average Bonchev–Trinajstić information content (AvgIpc) is 2.80. The van der Waals surface area contributed by atoms with E-state index in [0.717, 1.165) is 30.6 Å². The lowest BCUT2D eigenvalue weighted by atomic mass is 9.73. The molecule has 2 heteroatoms. The Morgan fingerprint density at radius 2 is 1.73 bits per heavy atom. The number of hydrogen-bond donors (Lipinski definition) is 0. The fraction of sp³-hybridized carbons (Fsp3) is 0.500. The van der Waals surface area contributed by atoms with Crippen LogP contribution >= 0.6 is 0 Å². The van der Waals surface area contributed by atoms with Gasteiger partial charge in [-0.05, 0) is 66.5 Å². The summed E-state index contributed by atoms with van der Waals surface area (Å²) in [4.78, 5) is 2.49. The van der Waals surface area contributed by atoms with Crippen molar-refractivity contribution in [2.45, 2.75) is 73.1 Å². The summed E-state index contributed by atoms with van der Waals surface area (Å²) in [5, 5.41) is 0. The van der Waals surface area contributed by atoms with E-state index in [0.29, 0.717) is 11.0 Å². The van der Waals surface area contributed by atoms with Gasteiger partial charge in [0.05, 0.1) is 5.56 Å². The van der Waals surface area contributed by atoms with E-state index in [2.05, 4.69) is 49.8 Å². The van der Waals surface area contributed by atoms with E-state index >= 15 is 0 Å². The molecule has 0 radical (unpaired) electrons. The van der Waals surface area contributed by atoms with Gasteiger partial charge in [0.1, 0.15) is 5.82 Å². The molecule has 3 rings (SSSR count). The molecule has 2 aromatic carbocycles. The number of halogens is 1. The van der Waals surface area contributed by atoms with Crippen LogP contribution in [0.1, 0.15) is 77.8 Å². The molecule has 0 spiro atoms. The van der Waals surface area contributed by atoms with Crippen molar-refractivity contribution in [3.8, 4) is 23.5 Å². The lowest BCUT2D eigenvalue weighted by molar-refractivity contribution is 0.188. The number of aryl methyl sites for hydroxylation is 1. The quantitative estimate of drug-likeness (QED) is 0.440. The van der Waals surface area contributed by atoms with Crippen molar-refractivity contribution in [1.82, 2.24) is 0 Å². The second kappa shape index (κ2) is 11.2. The first-order valence-corrected chi connectivity index (χ1v) is 11.7. The van der Waals surface area contributed by atoms with Gasteiger partial charge in [-0.15, -0.1) is 6.42 Å². The van der Waals surface area contributed by atoms with E-state index in [1.54, 1.807) is 12.1 Å². The number of terminal acetylenes is 1. The molecule has 0 bridgehead atoms. The van der Waals surface area contributed by atoms with E-state index in [-0.39, 0.29) is 5.82 Å². The van der Waals surface area contributed by atoms with Gasteiger partial charge in [-0.3, -0.25) is 0 Å². The summed E-state index contributed by atoms with van der Waals surface area (Å²) in [6.07, 6.45) is 12.7. The molecule has 0 unspecified atom stereocenters. The Morgan fingerprint density at radius 1 is 1.03 bits per heavy atom. The molecule has 2 aromatic rings. The first-order chi connectivity index (χ1) is 14.6. The molecule has 30 heavy (non-hydrogen) atoms. The molecule has 0 atom stereocenters. The lowest BCUT2D eigenvalue weighted by Gasteiger charge is -2.43. The van der Waals surface area contributed by atoms with Gasteiger partial charge in [-0.2, -0.15) is 0 Å². The number of hydrogen-bond acceptors (Lipinski definition) is 1. The highest BCUT2D eigenvalue weighted by Gasteiger charge is 2.32. The summed E-state index contributed by atoms with van der Waals surface area (Å²) in [6, 6.07) is 11.9. The van der Waals surface area contributed by atoms with Crippen molar-refractivity contribution in [2.75, 3.05) is 18.0 Å². The molecular formula is C28H38FN. The summed E-state index contributed by atoms with van der Waals surface area (Å²) in [5.74, 6) is 2.10. The highest BCUT2D eigenvalue weighted by molar-refractivity contribution is 5.80. The third-order valence-corrected chi connectivity index (χ3v) is 6.60. The topological polar surface area (TPSA) is 3.24 Å². The maximum Gasteiger partial charge on any atom is 0.139 e. The van der Waals surface area contributed by atoms with Crippen LogP contribution < -0.4 is 4.90 Å². The third kappa shape index (κ3) is 5.25. The van der Waals surface area contributed by atoms with Gasteiger partial charge in [0.2, 0.25) is 0 Å². The zero-order chi connectivity index (χ0) is 22.1. The predicted octanol–water partition coefficient (Wildman–Crippen LogP) is 7.86. The third-order valence-electron chi connectivity index (χ3n) is 6.60. The van der Waals surface area contributed by atoms with Crippen molar-refractivity contribution in [3.05, 3.63) is 53.3 Å². The van der Waals surface area contributed by atoms with Crippen molar-refractivity contribution >= 4 is 5.69 Å². The second-order valence-corrected chi connectivity index (χ2v) is 8.13. The number of nitrogens with zero attached hydrogens (tertiary/aromatic N) is 1. The normalized spacial score (nSPS) is 15.2. The average molecular weight is 408 g/mol. The van der Waals surface area contributed by atoms with Crippen LogP contribution in [0, 0.1) is 23.6 Å². The highest BCUT2D eigenvalue weighted by atomic mass is 19.1. The minimum absolute atomic E-state index is 0.320. The molecular weight excluding hydrogens is 369 g/mol. The van der Waals surface area contributed by atoms with Crippen LogP contribution in [0.2, 0.25) is 0 Å². The van der Waals surface area contributed by atoms with Crippen LogP contribution in [0.4, 0.5) is 10.1 Å². The van der Waals surface area contributed by atoms with Crippen LogP contribution in [0.15, 0.2) is 36.4 Å². The van der Waals surface area contributed by atoms with Gasteiger partial charge in [0.25, 0.3) is 0 Å². The first kappa shape index (κ1) is 24.0. The summed E-state index contributed by atoms with van der Waals surface area (Å²) >= 11 is 0. The Morgan fingerprint density at radius 3 is 2.27 bits per heavy atom. The van der Waals surface area contributed by atoms with Crippen molar-refractivity contribution in [1.29, 1.82) is 0 Å². The Balaban J connectivity index is 0.00000155. The molecule has 0 aromatic heterocycles. The molecule has 162 valence electrons. The second-order valence-electron chi connectivity index (χ2n) is 8.13. The van der Waals surface area contributed by atoms with Gasteiger partial charge >= 0.3 is 0 Å². The van der Waals surface area contributed by atoms with Gasteiger partial charge in [0, 0.05) is 24.3 Å². The van der Waals surface area contributed by atoms with Crippen LogP contribution in [0.5, 0.6) is 0 Å².